The van der Waals surface area contributed by atoms with Crippen LogP contribution in [0.15, 0.2) is 69.3 Å². The van der Waals surface area contributed by atoms with E-state index in [0.717, 1.165) is 43.7 Å². The van der Waals surface area contributed by atoms with Gasteiger partial charge in [-0.25, -0.2) is 9.59 Å². The first-order valence-electron chi connectivity index (χ1n) is 17.5. The van der Waals surface area contributed by atoms with E-state index >= 15 is 0 Å². The van der Waals surface area contributed by atoms with Crippen molar-refractivity contribution in [2.45, 2.75) is 106 Å². The Morgan fingerprint density at radius 3 is 1.38 bits per heavy atom. The molecule has 0 saturated carbocycles. The molecule has 4 aliphatic rings. The van der Waals surface area contributed by atoms with E-state index in [-0.39, 0.29) is 35.6 Å². The van der Waals surface area contributed by atoms with Crippen LogP contribution in [0.3, 0.4) is 0 Å². The SMILES string of the molecule is CC1=C(C(=O)OCCCCOC(=O)C2=C(C)NC3=C(C(=O)CC(C)(C)C3)[C@H]2c2ccc(C)s2)[C@@H](c2ccc(C)s2)C2=C(CC(C)(C)CC2=O)N1. The monoisotopic (exact) mass is 716 g/mol. The first-order valence-corrected chi connectivity index (χ1v) is 19.1. The van der Waals surface area contributed by atoms with Crippen molar-refractivity contribution in [2.75, 3.05) is 13.2 Å². The van der Waals surface area contributed by atoms with Crippen molar-refractivity contribution in [3.63, 3.8) is 0 Å². The summed E-state index contributed by atoms with van der Waals surface area (Å²) >= 11 is 3.19. The number of nitrogens with one attached hydrogen (secondary N) is 2. The molecule has 0 bridgehead atoms. The van der Waals surface area contributed by atoms with E-state index < -0.39 is 23.8 Å². The lowest BCUT2D eigenvalue weighted by atomic mass is 9.70. The summed E-state index contributed by atoms with van der Waals surface area (Å²) in [5.74, 6) is -1.67. The highest BCUT2D eigenvalue weighted by Gasteiger charge is 2.45. The van der Waals surface area contributed by atoms with E-state index in [9.17, 15) is 19.2 Å². The molecule has 2 aromatic heterocycles. The Bertz CT molecular complexity index is 1760. The number of allylic oxidation sites excluding steroid dienone is 6. The standard InChI is InChI=1S/C40H48N2O6S2/c1-21-11-13-29(49-21)35-31(23(3)41-25-17-39(5,6)19-27(43)33(25)35)37(45)47-15-9-10-16-48-38(46)32-24(4)42-26-18-40(7,8)20-28(44)34(26)36(32)30-14-12-22(2)50-30/h11-14,35-36,41-42H,9-10,15-20H2,1-8H3/t35-,36+. The number of dihydropyridines is 2. The van der Waals surface area contributed by atoms with Crippen molar-refractivity contribution in [2.24, 2.45) is 10.8 Å². The minimum atomic E-state index is -0.458. The largest absolute Gasteiger partial charge is 0.462 e. The number of ketones is 2. The zero-order valence-corrected chi connectivity index (χ0v) is 32.0. The Kier molecular flexibility index (Phi) is 9.91. The van der Waals surface area contributed by atoms with E-state index in [1.54, 1.807) is 22.7 Å². The van der Waals surface area contributed by atoms with E-state index in [2.05, 4.69) is 38.3 Å². The lowest BCUT2D eigenvalue weighted by Crippen LogP contribution is -2.38. The summed E-state index contributed by atoms with van der Waals surface area (Å²) in [7, 11) is 0. The highest BCUT2D eigenvalue weighted by atomic mass is 32.1. The fourth-order valence-corrected chi connectivity index (χ4v) is 9.88. The average molecular weight is 717 g/mol. The number of Topliss-reactive ketones (excluding diaryl/α,β-unsaturated/α-hetero) is 2. The first-order chi connectivity index (χ1) is 23.5. The molecule has 0 aromatic carbocycles. The van der Waals surface area contributed by atoms with Gasteiger partial charge in [0.25, 0.3) is 0 Å². The smallest absolute Gasteiger partial charge is 0.336 e. The topological polar surface area (TPSA) is 111 Å². The third kappa shape index (κ3) is 7.19. The van der Waals surface area contributed by atoms with Crippen molar-refractivity contribution in [3.8, 4) is 0 Å². The third-order valence-corrected chi connectivity index (χ3v) is 12.1. The summed E-state index contributed by atoms with van der Waals surface area (Å²) in [5, 5.41) is 6.78. The molecular weight excluding hydrogens is 669 g/mol. The average Bonchev–Trinajstić information content (AvgIpc) is 3.63. The molecule has 0 spiro atoms. The molecule has 2 aliphatic carbocycles. The van der Waals surface area contributed by atoms with Crippen LogP contribution in [-0.4, -0.2) is 36.7 Å². The van der Waals surface area contributed by atoms with Crippen molar-refractivity contribution in [3.05, 3.63) is 88.9 Å². The van der Waals surface area contributed by atoms with Crippen LogP contribution in [-0.2, 0) is 28.7 Å². The molecule has 50 heavy (non-hydrogen) atoms. The molecule has 2 atom stereocenters. The van der Waals surface area contributed by atoms with Crippen molar-refractivity contribution < 1.29 is 28.7 Å². The number of hydrogen-bond acceptors (Lipinski definition) is 10. The summed E-state index contributed by atoms with van der Waals surface area (Å²) < 4.78 is 11.6. The molecule has 10 heteroatoms. The van der Waals surface area contributed by atoms with Crippen LogP contribution in [0, 0.1) is 24.7 Å². The molecule has 4 heterocycles. The van der Waals surface area contributed by atoms with Crippen LogP contribution >= 0.6 is 22.7 Å². The second kappa shape index (κ2) is 13.8. The number of unbranched alkanes of at least 4 members (excludes halogenated alkanes) is 1. The highest BCUT2D eigenvalue weighted by Crippen LogP contribution is 2.49. The Labute approximate surface area is 303 Å². The van der Waals surface area contributed by atoms with Gasteiger partial charge in [0.1, 0.15) is 0 Å². The Morgan fingerprint density at radius 1 is 0.660 bits per heavy atom. The van der Waals surface area contributed by atoms with Gasteiger partial charge in [-0.2, -0.15) is 0 Å². The molecule has 2 N–H and O–H groups in total. The maximum absolute atomic E-state index is 13.7. The quantitative estimate of drug-likeness (QED) is 0.198. The first kappa shape index (κ1) is 36.0. The van der Waals surface area contributed by atoms with Crippen LogP contribution in [0.25, 0.3) is 0 Å². The molecule has 0 fully saturated rings. The number of thiophene rings is 2. The van der Waals surface area contributed by atoms with E-state index in [0.29, 0.717) is 59.4 Å². The Hall–Kier alpha value is -3.76. The molecule has 8 nitrogen and oxygen atoms in total. The van der Waals surface area contributed by atoms with Gasteiger partial charge in [0.2, 0.25) is 0 Å². The number of ether oxygens (including phenoxy) is 2. The van der Waals surface area contributed by atoms with Crippen LogP contribution in [0.1, 0.15) is 111 Å². The van der Waals surface area contributed by atoms with Crippen LogP contribution in [0.5, 0.6) is 0 Å². The molecular formula is C40H48N2O6S2. The molecule has 2 aromatic rings. The fourth-order valence-electron chi connectivity index (χ4n) is 7.89. The van der Waals surface area contributed by atoms with Gasteiger partial charge in [0.15, 0.2) is 11.6 Å². The van der Waals surface area contributed by atoms with Gasteiger partial charge in [0, 0.05) is 66.3 Å². The minimum Gasteiger partial charge on any atom is -0.462 e. The van der Waals surface area contributed by atoms with Crippen molar-refractivity contribution in [1.29, 1.82) is 0 Å². The predicted octanol–water partition coefficient (Wildman–Crippen LogP) is 8.20. The van der Waals surface area contributed by atoms with Gasteiger partial charge in [-0.15, -0.1) is 22.7 Å². The number of hydrogen-bond donors (Lipinski definition) is 2. The number of esters is 2. The van der Waals surface area contributed by atoms with E-state index in [4.69, 9.17) is 9.47 Å². The van der Waals surface area contributed by atoms with Crippen LogP contribution in [0.2, 0.25) is 0 Å². The van der Waals surface area contributed by atoms with Gasteiger partial charge in [0.05, 0.1) is 36.2 Å². The Balaban J connectivity index is 1.09. The maximum atomic E-state index is 13.7. The molecule has 0 amide bonds. The highest BCUT2D eigenvalue weighted by molar-refractivity contribution is 7.12. The zero-order chi connectivity index (χ0) is 36.1. The van der Waals surface area contributed by atoms with E-state index in [1.165, 1.54) is 0 Å². The van der Waals surface area contributed by atoms with Gasteiger partial charge < -0.3 is 20.1 Å². The molecule has 2 aliphatic heterocycles. The van der Waals surface area contributed by atoms with E-state index in [1.807, 2.05) is 52.0 Å². The second-order valence-electron chi connectivity index (χ2n) is 15.7. The third-order valence-electron chi connectivity index (χ3n) is 10.0. The lowest BCUT2D eigenvalue weighted by Gasteiger charge is -2.39. The maximum Gasteiger partial charge on any atom is 0.336 e. The molecule has 0 radical (unpaired) electrons. The fraction of sp³-hybridized carbons (Fsp3) is 0.500. The van der Waals surface area contributed by atoms with Crippen molar-refractivity contribution >= 4 is 46.2 Å². The summed E-state index contributed by atoms with van der Waals surface area (Å²) in [6, 6.07) is 8.06. The van der Waals surface area contributed by atoms with Gasteiger partial charge in [-0.05, 0) is 88.5 Å². The zero-order valence-electron chi connectivity index (χ0n) is 30.4. The number of carbonyl (C=O) groups is 4. The molecule has 6 rings (SSSR count). The molecule has 0 saturated heterocycles. The number of rotatable bonds is 9. The number of carbonyl (C=O) groups excluding carboxylic acids is 4. The summed E-state index contributed by atoms with van der Waals surface area (Å²) in [6.07, 6.45) is 3.33. The van der Waals surface area contributed by atoms with Gasteiger partial charge >= 0.3 is 11.9 Å². The van der Waals surface area contributed by atoms with Crippen LogP contribution in [0.4, 0.5) is 0 Å². The molecule has 0 unspecified atom stereocenters. The minimum absolute atomic E-state index is 0.0681. The van der Waals surface area contributed by atoms with Gasteiger partial charge in [-0.1, -0.05) is 27.7 Å². The second-order valence-corrected chi connectivity index (χ2v) is 18.4. The summed E-state index contributed by atoms with van der Waals surface area (Å²) in [5.41, 5.74) is 5.21. The van der Waals surface area contributed by atoms with Crippen molar-refractivity contribution in [1.82, 2.24) is 10.6 Å². The normalized spacial score (nSPS) is 23.0. The summed E-state index contributed by atoms with van der Waals surface area (Å²) in [4.78, 5) is 58.5. The lowest BCUT2D eigenvalue weighted by molar-refractivity contribution is -0.142. The predicted molar refractivity (Wildman–Crippen MR) is 197 cm³/mol. The number of aryl methyl sites for hydroxylation is 2. The Morgan fingerprint density at radius 2 is 1.04 bits per heavy atom. The van der Waals surface area contributed by atoms with Crippen LogP contribution < -0.4 is 10.6 Å². The summed E-state index contributed by atoms with van der Waals surface area (Å²) in [6.45, 7) is 16.5. The van der Waals surface area contributed by atoms with Gasteiger partial charge in [-0.3, -0.25) is 9.59 Å². The molecule has 266 valence electrons.